The molecule has 5 aliphatic rings. The number of benzene rings is 3. The van der Waals surface area contributed by atoms with Crippen molar-refractivity contribution in [3.63, 3.8) is 0 Å². The number of rotatable bonds is 5. The molecule has 2 aliphatic heterocycles. The molecule has 57 heavy (non-hydrogen) atoms. The van der Waals surface area contributed by atoms with E-state index in [2.05, 4.69) is 4.98 Å². The molecule has 4 aromatic rings. The number of ether oxygens (including phenoxy) is 1. The summed E-state index contributed by atoms with van der Waals surface area (Å²) < 4.78 is 47.4. The lowest BCUT2D eigenvalue weighted by atomic mass is 9.44. The van der Waals surface area contributed by atoms with Crippen LogP contribution in [-0.2, 0) is 37.2 Å². The highest BCUT2D eigenvalue weighted by molar-refractivity contribution is 6.33. The molecule has 9 rings (SSSR count). The van der Waals surface area contributed by atoms with Gasteiger partial charge in [0, 0.05) is 36.4 Å². The van der Waals surface area contributed by atoms with Crippen LogP contribution in [0.3, 0.4) is 0 Å². The van der Waals surface area contributed by atoms with E-state index in [9.17, 15) is 27.9 Å². The van der Waals surface area contributed by atoms with Gasteiger partial charge in [-0.3, -0.25) is 24.2 Å². The number of Topliss-reactive ketones (excluding diaryl/α,β-unsaturated/α-hetero) is 1. The molecule has 6 atom stereocenters. The number of imide groups is 1. The summed E-state index contributed by atoms with van der Waals surface area (Å²) in [6.45, 7) is 0. The number of aromatic nitrogens is 1. The van der Waals surface area contributed by atoms with Crippen LogP contribution < -0.4 is 9.75 Å². The number of phenolic OH excluding ortho intramolecular Hbond substituents is 1. The fraction of sp³-hybridized carbons (Fsp3) is 0.250. The molecular formula is C44H33ClF3N3O6. The zero-order valence-corrected chi connectivity index (χ0v) is 31.0. The summed E-state index contributed by atoms with van der Waals surface area (Å²) in [4.78, 5) is 63.1. The van der Waals surface area contributed by atoms with Crippen molar-refractivity contribution in [3.8, 4) is 11.5 Å². The molecule has 1 saturated carbocycles. The number of fused-ring (bicyclic) bond motifs is 5. The van der Waals surface area contributed by atoms with Gasteiger partial charge in [0.15, 0.2) is 17.4 Å². The first-order chi connectivity index (χ1) is 27.3. The fourth-order valence-corrected chi connectivity index (χ4v) is 10.1. The van der Waals surface area contributed by atoms with Gasteiger partial charge in [-0.15, -0.1) is 0 Å². The molecule has 0 spiro atoms. The number of aromatic hydroxyl groups is 1. The van der Waals surface area contributed by atoms with E-state index in [1.165, 1.54) is 19.2 Å². The van der Waals surface area contributed by atoms with Crippen LogP contribution in [0.1, 0.15) is 35.2 Å². The Morgan fingerprint density at radius 1 is 0.930 bits per heavy atom. The van der Waals surface area contributed by atoms with Gasteiger partial charge in [0.2, 0.25) is 0 Å². The van der Waals surface area contributed by atoms with E-state index in [4.69, 9.17) is 16.3 Å². The SMILES string of the molecule is CN(c1nc(C(F)(F)F)ccc1Cl)N1C(=O)C2CC=C3C(CC4C(=O)C(c5ccccc5)=CC(=O)C4(c4ccccc4)C3C3=COc4ccc(O)cc4C3)C2C1=O. The predicted octanol–water partition coefficient (Wildman–Crippen LogP) is 7.69. The summed E-state index contributed by atoms with van der Waals surface area (Å²) in [6, 6.07) is 24.4. The van der Waals surface area contributed by atoms with Gasteiger partial charge in [0.05, 0.1) is 28.5 Å². The first-order valence-corrected chi connectivity index (χ1v) is 18.8. The summed E-state index contributed by atoms with van der Waals surface area (Å²) >= 11 is 6.33. The predicted molar refractivity (Wildman–Crippen MR) is 202 cm³/mol. The Bertz CT molecular complexity index is 2490. The number of ketones is 2. The Labute approximate surface area is 329 Å². The fourth-order valence-electron chi connectivity index (χ4n) is 9.88. The second kappa shape index (κ2) is 13.3. The molecule has 2 fully saturated rings. The Morgan fingerprint density at radius 3 is 2.37 bits per heavy atom. The van der Waals surface area contributed by atoms with E-state index in [0.717, 1.165) is 16.1 Å². The second-order valence-electron chi connectivity index (χ2n) is 15.1. The van der Waals surface area contributed by atoms with E-state index in [1.54, 1.807) is 42.7 Å². The quantitative estimate of drug-likeness (QED) is 0.162. The first-order valence-electron chi connectivity index (χ1n) is 18.4. The normalized spacial score (nSPS) is 26.6. The van der Waals surface area contributed by atoms with Crippen LogP contribution in [0.2, 0.25) is 5.02 Å². The lowest BCUT2D eigenvalue weighted by Gasteiger charge is -2.56. The Hall–Kier alpha value is -6.01. The van der Waals surface area contributed by atoms with Crippen LogP contribution in [0.4, 0.5) is 19.0 Å². The first kappa shape index (κ1) is 36.6. The number of halogens is 4. The molecule has 3 aromatic carbocycles. The number of hydrazine groups is 1. The number of phenols is 1. The zero-order chi connectivity index (χ0) is 40.0. The summed E-state index contributed by atoms with van der Waals surface area (Å²) in [5, 5.41) is 12.0. The highest BCUT2D eigenvalue weighted by Gasteiger charge is 2.66. The molecular weight excluding hydrogens is 759 g/mol. The van der Waals surface area contributed by atoms with Crippen molar-refractivity contribution in [2.75, 3.05) is 12.1 Å². The summed E-state index contributed by atoms with van der Waals surface area (Å²) in [5.41, 5.74) is 0.644. The third-order valence-corrected chi connectivity index (χ3v) is 12.5. The number of anilines is 1. The minimum absolute atomic E-state index is 0.0180. The van der Waals surface area contributed by atoms with Gasteiger partial charge in [0.25, 0.3) is 11.8 Å². The van der Waals surface area contributed by atoms with Crippen LogP contribution in [0.25, 0.3) is 5.57 Å². The van der Waals surface area contributed by atoms with Crippen molar-refractivity contribution in [1.29, 1.82) is 0 Å². The lowest BCUT2D eigenvalue weighted by Crippen LogP contribution is -2.60. The van der Waals surface area contributed by atoms with Gasteiger partial charge >= 0.3 is 6.18 Å². The molecule has 3 aliphatic carbocycles. The molecule has 9 nitrogen and oxygen atoms in total. The Morgan fingerprint density at radius 2 is 1.65 bits per heavy atom. The van der Waals surface area contributed by atoms with Crippen molar-refractivity contribution in [2.24, 2.45) is 29.6 Å². The molecule has 0 bridgehead atoms. The van der Waals surface area contributed by atoms with Gasteiger partial charge in [0.1, 0.15) is 17.2 Å². The number of hydrogen-bond donors (Lipinski definition) is 1. The van der Waals surface area contributed by atoms with Crippen LogP contribution in [0.15, 0.2) is 121 Å². The maximum Gasteiger partial charge on any atom is 0.433 e. The van der Waals surface area contributed by atoms with Crippen molar-refractivity contribution < 1.29 is 42.2 Å². The minimum atomic E-state index is -4.82. The number of amides is 2. The Balaban J connectivity index is 1.21. The number of nitrogens with zero attached hydrogens (tertiary/aromatic N) is 3. The number of allylic oxidation sites excluding steroid dienone is 5. The van der Waals surface area contributed by atoms with Crippen LogP contribution in [0.5, 0.6) is 11.5 Å². The lowest BCUT2D eigenvalue weighted by molar-refractivity contribution is -0.141. The van der Waals surface area contributed by atoms with E-state index in [0.29, 0.717) is 39.7 Å². The van der Waals surface area contributed by atoms with Gasteiger partial charge < -0.3 is 9.84 Å². The van der Waals surface area contributed by atoms with Gasteiger partial charge in [-0.05, 0) is 71.9 Å². The maximum absolute atomic E-state index is 15.3. The summed E-state index contributed by atoms with van der Waals surface area (Å²) in [7, 11) is 1.26. The average Bonchev–Trinajstić information content (AvgIpc) is 3.46. The summed E-state index contributed by atoms with van der Waals surface area (Å²) in [5.74, 6) is -6.35. The molecule has 0 radical (unpaired) electrons. The molecule has 3 heterocycles. The van der Waals surface area contributed by atoms with Gasteiger partial charge in [-0.25, -0.2) is 4.98 Å². The number of carbonyl (C=O) groups excluding carboxylic acids is 4. The highest BCUT2D eigenvalue weighted by atomic mass is 35.5. The van der Waals surface area contributed by atoms with E-state index < -0.39 is 64.5 Å². The molecule has 6 unspecified atom stereocenters. The topological polar surface area (TPSA) is 117 Å². The number of pyridine rings is 1. The molecule has 1 N–H and O–H groups in total. The summed E-state index contributed by atoms with van der Waals surface area (Å²) in [6.07, 6.45) is 0.427. The van der Waals surface area contributed by atoms with Crippen LogP contribution >= 0.6 is 11.6 Å². The van der Waals surface area contributed by atoms with Crippen LogP contribution in [0, 0.1) is 29.6 Å². The highest BCUT2D eigenvalue weighted by Crippen LogP contribution is 2.63. The van der Waals surface area contributed by atoms with Gasteiger partial charge in [-0.1, -0.05) is 83.9 Å². The number of hydrogen-bond acceptors (Lipinski definition) is 8. The van der Waals surface area contributed by atoms with Crippen molar-refractivity contribution in [1.82, 2.24) is 9.99 Å². The van der Waals surface area contributed by atoms with Gasteiger partial charge in [-0.2, -0.15) is 18.2 Å². The number of carbonyl (C=O) groups is 4. The van der Waals surface area contributed by atoms with E-state index >= 15 is 9.59 Å². The van der Waals surface area contributed by atoms with Crippen molar-refractivity contribution >= 4 is 46.4 Å². The van der Waals surface area contributed by atoms with Crippen molar-refractivity contribution in [2.45, 2.75) is 30.9 Å². The second-order valence-corrected chi connectivity index (χ2v) is 15.5. The maximum atomic E-state index is 15.3. The monoisotopic (exact) mass is 791 g/mol. The largest absolute Gasteiger partial charge is 0.508 e. The third kappa shape index (κ3) is 5.55. The standard InChI is InChI=1S/C44H33ClF3N3O6/c1-50(40-33(45)15-17-35(49-40)44(46,47)48)51-41(55)29-14-13-28-31(37(29)42(51)56)20-32-39(54)30(23-8-4-2-5-9-23)21-36(53)43(32,26-10-6-3-7-11-26)38(28)25-18-24-19-27(52)12-16-34(24)57-22-25/h2-13,15-17,19,21-22,29,31-32,37-38,52H,14,18,20H2,1H3. The molecule has 1 saturated heterocycles. The smallest absolute Gasteiger partial charge is 0.433 e. The molecule has 288 valence electrons. The van der Waals surface area contributed by atoms with E-state index in [1.807, 2.05) is 42.5 Å². The van der Waals surface area contributed by atoms with E-state index in [-0.39, 0.29) is 47.2 Å². The van der Waals surface area contributed by atoms with Crippen molar-refractivity contribution in [3.05, 3.63) is 148 Å². The zero-order valence-electron chi connectivity index (χ0n) is 30.2. The Kier molecular flexibility index (Phi) is 8.54. The van der Waals surface area contributed by atoms with Crippen LogP contribution in [-0.4, -0.2) is 45.5 Å². The minimum Gasteiger partial charge on any atom is -0.508 e. The third-order valence-electron chi connectivity index (χ3n) is 12.2. The molecule has 2 amide bonds. The average molecular weight is 792 g/mol. The molecule has 13 heteroatoms. The molecule has 1 aromatic heterocycles. The number of alkyl halides is 3.